The molecule has 0 saturated heterocycles. The molecule has 2 aromatic heterocycles. The molecule has 6 N–H and O–H groups in total. The normalized spacial score (nSPS) is 14.6. The maximum absolute atomic E-state index is 12.8. The highest BCUT2D eigenvalue weighted by Gasteiger charge is 2.53. The van der Waals surface area contributed by atoms with Gasteiger partial charge >= 0.3 is 17.6 Å². The summed E-state index contributed by atoms with van der Waals surface area (Å²) in [4.78, 5) is 53.8. The van der Waals surface area contributed by atoms with Crippen molar-refractivity contribution < 1.29 is 40.2 Å². The molecular weight excluding hydrogens is 434 g/mol. The lowest BCUT2D eigenvalue weighted by molar-refractivity contribution is -0.187. The quantitative estimate of drug-likeness (QED) is 0.187. The summed E-state index contributed by atoms with van der Waals surface area (Å²) >= 11 is 0. The fourth-order valence-corrected chi connectivity index (χ4v) is 3.33. The number of hydrogen-bond donors (Lipinski definition) is 6. The Morgan fingerprint density at radius 1 is 1.06 bits per heavy atom. The molecule has 0 saturated carbocycles. The molecule has 0 radical (unpaired) electrons. The van der Waals surface area contributed by atoms with Crippen molar-refractivity contribution >= 4 is 23.1 Å². The number of carboxylic acid groups (broad SMARTS) is 2. The average molecular weight is 459 g/mol. The number of aliphatic hydroxyl groups is 4. The van der Waals surface area contributed by atoms with Gasteiger partial charge in [0.2, 0.25) is 0 Å². The number of aryl methyl sites for hydroxylation is 1. The minimum Gasteiger partial charge on any atom is -0.479 e. The first kappa shape index (κ1) is 25.2. The average Bonchev–Trinajstić information content (AvgIpc) is 3.13. The molecule has 0 spiro atoms. The van der Waals surface area contributed by atoms with Crippen molar-refractivity contribution in [3.8, 4) is 0 Å². The van der Waals surface area contributed by atoms with Gasteiger partial charge in [-0.15, -0.1) is 0 Å². The molecule has 2 aromatic rings. The minimum atomic E-state index is -3.47. The van der Waals surface area contributed by atoms with E-state index in [1.54, 1.807) is 4.90 Å². The third-order valence-electron chi connectivity index (χ3n) is 5.12. The van der Waals surface area contributed by atoms with Crippen LogP contribution in [0.25, 0.3) is 11.2 Å². The third kappa shape index (κ3) is 4.15. The number of carboxylic acids is 2. The van der Waals surface area contributed by atoms with Gasteiger partial charge in [0.15, 0.2) is 23.1 Å². The lowest BCUT2D eigenvalue weighted by atomic mass is 9.95. The topological polar surface area (TPSA) is 221 Å². The van der Waals surface area contributed by atoms with Crippen LogP contribution in [0.4, 0.5) is 0 Å². The van der Waals surface area contributed by atoms with Crippen LogP contribution in [0.2, 0.25) is 0 Å². The van der Waals surface area contributed by atoms with Crippen LogP contribution in [0.3, 0.4) is 0 Å². The van der Waals surface area contributed by atoms with Crippen LogP contribution in [0.1, 0.15) is 5.82 Å². The lowest BCUT2D eigenvalue weighted by Gasteiger charge is -2.27. The number of fused-ring (bicyclic) bond motifs is 1. The van der Waals surface area contributed by atoms with Crippen LogP contribution in [-0.2, 0) is 35.8 Å². The summed E-state index contributed by atoms with van der Waals surface area (Å²) in [6.07, 6.45) is -2.86. The van der Waals surface area contributed by atoms with E-state index in [0.29, 0.717) is 0 Å². The first-order valence-electron chi connectivity index (χ1n) is 9.40. The third-order valence-corrected chi connectivity index (χ3v) is 5.12. The van der Waals surface area contributed by atoms with Crippen molar-refractivity contribution in [2.24, 2.45) is 14.1 Å². The van der Waals surface area contributed by atoms with E-state index in [9.17, 15) is 44.7 Å². The standard InChI is InChI=1S/C17H25N5O10/c1-19-11-9(12(26)20(2)16(19)31)22(4-3-21(5-7-23)6-8-24)14(18-11)17(32,15(29)30)10(25)13(27)28/h10,23-25,32H,3-8H2,1-2H3,(H,27,28)(H,29,30). The van der Waals surface area contributed by atoms with E-state index in [0.717, 1.165) is 13.7 Å². The lowest BCUT2D eigenvalue weighted by Crippen LogP contribution is -2.52. The van der Waals surface area contributed by atoms with Gasteiger partial charge in [0.25, 0.3) is 11.2 Å². The maximum atomic E-state index is 12.8. The van der Waals surface area contributed by atoms with Crippen LogP contribution in [0.5, 0.6) is 0 Å². The summed E-state index contributed by atoms with van der Waals surface area (Å²) in [7, 11) is 2.41. The summed E-state index contributed by atoms with van der Waals surface area (Å²) in [5.41, 5.74) is -5.81. The Morgan fingerprint density at radius 3 is 2.09 bits per heavy atom. The number of nitrogens with zero attached hydrogens (tertiary/aromatic N) is 5. The number of aliphatic carboxylic acids is 2. The van der Waals surface area contributed by atoms with Gasteiger partial charge in [0.05, 0.1) is 13.2 Å². The number of hydrogen-bond acceptors (Lipinski definition) is 10. The smallest absolute Gasteiger partial charge is 0.347 e. The number of imidazole rings is 1. The van der Waals surface area contributed by atoms with Crippen molar-refractivity contribution in [2.75, 3.05) is 32.8 Å². The molecule has 0 amide bonds. The Labute approximate surface area is 179 Å². The van der Waals surface area contributed by atoms with Crippen molar-refractivity contribution in [3.63, 3.8) is 0 Å². The van der Waals surface area contributed by atoms with Crippen molar-refractivity contribution in [1.29, 1.82) is 0 Å². The number of aliphatic hydroxyl groups excluding tert-OH is 3. The Hall–Kier alpha value is -3.11. The zero-order valence-corrected chi connectivity index (χ0v) is 17.4. The Kier molecular flexibility index (Phi) is 7.53. The highest BCUT2D eigenvalue weighted by Crippen LogP contribution is 2.28. The molecule has 32 heavy (non-hydrogen) atoms. The highest BCUT2D eigenvalue weighted by molar-refractivity contribution is 5.88. The van der Waals surface area contributed by atoms with E-state index >= 15 is 0 Å². The van der Waals surface area contributed by atoms with Crippen LogP contribution < -0.4 is 11.2 Å². The molecule has 0 fully saturated rings. The predicted molar refractivity (Wildman–Crippen MR) is 106 cm³/mol. The summed E-state index contributed by atoms with van der Waals surface area (Å²) in [5.74, 6) is -5.08. The largest absolute Gasteiger partial charge is 0.479 e. The predicted octanol–water partition coefficient (Wildman–Crippen LogP) is -4.56. The van der Waals surface area contributed by atoms with E-state index in [1.165, 1.54) is 14.1 Å². The molecule has 2 unspecified atom stereocenters. The zero-order chi connectivity index (χ0) is 24.4. The number of aromatic nitrogens is 4. The Balaban J connectivity index is 2.86. The van der Waals surface area contributed by atoms with E-state index in [-0.39, 0.29) is 50.6 Å². The van der Waals surface area contributed by atoms with Crippen LogP contribution >= 0.6 is 0 Å². The van der Waals surface area contributed by atoms with Gasteiger partial charge < -0.3 is 35.2 Å². The van der Waals surface area contributed by atoms with Crippen molar-refractivity contribution in [3.05, 3.63) is 26.7 Å². The molecule has 15 nitrogen and oxygen atoms in total. The second-order valence-corrected chi connectivity index (χ2v) is 7.07. The molecule has 0 aromatic carbocycles. The molecule has 0 aliphatic rings. The van der Waals surface area contributed by atoms with Crippen LogP contribution in [0, 0.1) is 0 Å². The van der Waals surface area contributed by atoms with Gasteiger partial charge in [-0.3, -0.25) is 18.8 Å². The monoisotopic (exact) mass is 459 g/mol. The Morgan fingerprint density at radius 2 is 1.62 bits per heavy atom. The first-order valence-corrected chi connectivity index (χ1v) is 9.40. The summed E-state index contributed by atoms with van der Waals surface area (Å²) < 4.78 is 2.54. The molecule has 2 heterocycles. The van der Waals surface area contributed by atoms with Gasteiger partial charge in [0.1, 0.15) is 0 Å². The SMILES string of the molecule is Cn1c(=O)c2c(nc(C(O)(C(=O)O)C(O)C(=O)O)n2CCN(CCO)CCO)n(C)c1=O. The van der Waals surface area contributed by atoms with Crippen molar-refractivity contribution in [2.45, 2.75) is 18.2 Å². The maximum Gasteiger partial charge on any atom is 0.347 e. The van der Waals surface area contributed by atoms with Gasteiger partial charge in [0, 0.05) is 40.3 Å². The van der Waals surface area contributed by atoms with Gasteiger partial charge in [-0.05, 0) is 0 Å². The molecule has 2 atom stereocenters. The number of carbonyl (C=O) groups is 2. The van der Waals surface area contributed by atoms with Crippen LogP contribution in [0.15, 0.2) is 9.59 Å². The first-order chi connectivity index (χ1) is 14.9. The van der Waals surface area contributed by atoms with E-state index in [4.69, 9.17) is 5.11 Å². The summed E-state index contributed by atoms with van der Waals surface area (Å²) in [6, 6.07) is 0. The fourth-order valence-electron chi connectivity index (χ4n) is 3.33. The summed E-state index contributed by atoms with van der Waals surface area (Å²) in [6.45, 7) is -0.583. The van der Waals surface area contributed by atoms with Gasteiger partial charge in [-0.2, -0.15) is 0 Å². The van der Waals surface area contributed by atoms with Crippen LogP contribution in [-0.4, -0.2) is 105 Å². The summed E-state index contributed by atoms with van der Waals surface area (Å²) in [5, 5.41) is 57.9. The Bertz CT molecular complexity index is 1130. The molecular formula is C17H25N5O10. The molecule has 2 rings (SSSR count). The van der Waals surface area contributed by atoms with E-state index in [2.05, 4.69) is 4.98 Å². The second kappa shape index (κ2) is 9.58. The molecule has 15 heteroatoms. The molecule has 178 valence electrons. The van der Waals surface area contributed by atoms with E-state index < -0.39 is 40.7 Å². The fraction of sp³-hybridized carbons (Fsp3) is 0.588. The highest BCUT2D eigenvalue weighted by atomic mass is 16.4. The molecule has 0 aliphatic heterocycles. The molecule has 0 aliphatic carbocycles. The zero-order valence-electron chi connectivity index (χ0n) is 17.4. The number of rotatable bonds is 11. The minimum absolute atomic E-state index is 0.00441. The molecule has 0 bridgehead atoms. The van der Waals surface area contributed by atoms with Gasteiger partial charge in [-0.1, -0.05) is 0 Å². The van der Waals surface area contributed by atoms with Gasteiger partial charge in [-0.25, -0.2) is 19.4 Å². The van der Waals surface area contributed by atoms with Crippen molar-refractivity contribution in [1.82, 2.24) is 23.6 Å². The second-order valence-electron chi connectivity index (χ2n) is 7.07. The van der Waals surface area contributed by atoms with E-state index in [1.807, 2.05) is 0 Å².